The molecule has 0 aliphatic carbocycles. The molecule has 1 saturated heterocycles. The van der Waals surface area contributed by atoms with Crippen LogP contribution in [0.4, 0.5) is 5.69 Å². The summed E-state index contributed by atoms with van der Waals surface area (Å²) in [5.74, 6) is -0.266. The molecule has 0 radical (unpaired) electrons. The number of carbonyl (C=O) groups is 2. The Bertz CT molecular complexity index is 725. The predicted molar refractivity (Wildman–Crippen MR) is 97.1 cm³/mol. The van der Waals surface area contributed by atoms with Gasteiger partial charge in [0.05, 0.1) is 15.6 Å². The summed E-state index contributed by atoms with van der Waals surface area (Å²) in [4.78, 5) is 27.3. The van der Waals surface area contributed by atoms with Crippen molar-refractivity contribution in [3.05, 3.63) is 51.2 Å². The first-order chi connectivity index (χ1) is 11.6. The lowest BCUT2D eigenvalue weighted by molar-refractivity contribution is 0.0766. The molecule has 1 aliphatic heterocycles. The largest absolute Gasteiger partial charge is 0.337 e. The fourth-order valence-corrected chi connectivity index (χ4v) is 3.36. The molecule has 3 rings (SSSR count). The molecule has 5 nitrogen and oxygen atoms in total. The molecule has 1 aliphatic rings. The lowest BCUT2D eigenvalue weighted by atomic mass is 10.1. The van der Waals surface area contributed by atoms with Crippen molar-refractivity contribution >= 4 is 40.4 Å². The molecule has 0 bridgehead atoms. The topological polar surface area (TPSA) is 61.4 Å². The summed E-state index contributed by atoms with van der Waals surface area (Å²) in [5.41, 5.74) is 0.983. The van der Waals surface area contributed by atoms with Crippen molar-refractivity contribution in [1.82, 2.24) is 10.2 Å². The van der Waals surface area contributed by atoms with Crippen molar-refractivity contribution in [2.24, 2.45) is 0 Å². The van der Waals surface area contributed by atoms with Gasteiger partial charge in [0, 0.05) is 25.2 Å². The molecule has 126 valence electrons. The second-order valence-corrected chi connectivity index (χ2v) is 6.88. The number of hydrogen-bond acceptors (Lipinski definition) is 4. The highest BCUT2D eigenvalue weighted by Gasteiger charge is 2.19. The van der Waals surface area contributed by atoms with E-state index in [9.17, 15) is 9.59 Å². The van der Waals surface area contributed by atoms with E-state index in [1.54, 1.807) is 24.3 Å². The Morgan fingerprint density at radius 2 is 2.08 bits per heavy atom. The van der Waals surface area contributed by atoms with Gasteiger partial charge in [-0.25, -0.2) is 0 Å². The summed E-state index contributed by atoms with van der Waals surface area (Å²) in [5, 5.41) is 8.30. The Morgan fingerprint density at radius 1 is 1.21 bits per heavy atom. The zero-order chi connectivity index (χ0) is 16.9. The summed E-state index contributed by atoms with van der Waals surface area (Å²) in [6.07, 6.45) is 0.932. The zero-order valence-electron chi connectivity index (χ0n) is 13.0. The van der Waals surface area contributed by atoms with Crippen LogP contribution < -0.4 is 10.6 Å². The summed E-state index contributed by atoms with van der Waals surface area (Å²) in [7, 11) is 0. The van der Waals surface area contributed by atoms with E-state index >= 15 is 0 Å². The van der Waals surface area contributed by atoms with Crippen molar-refractivity contribution < 1.29 is 9.59 Å². The summed E-state index contributed by atoms with van der Waals surface area (Å²) in [6.45, 7) is 3.12. The monoisotopic (exact) mass is 363 g/mol. The number of nitrogens with zero attached hydrogens (tertiary/aromatic N) is 1. The highest BCUT2D eigenvalue weighted by molar-refractivity contribution is 7.12. The highest BCUT2D eigenvalue weighted by Crippen LogP contribution is 2.25. The number of benzene rings is 1. The molecular weight excluding hydrogens is 346 g/mol. The zero-order valence-corrected chi connectivity index (χ0v) is 14.6. The average molecular weight is 364 g/mol. The third kappa shape index (κ3) is 3.95. The Labute approximate surface area is 149 Å². The number of amides is 2. The van der Waals surface area contributed by atoms with Crippen LogP contribution in [0.3, 0.4) is 0 Å². The van der Waals surface area contributed by atoms with E-state index in [4.69, 9.17) is 11.6 Å². The number of anilines is 1. The van der Waals surface area contributed by atoms with Crippen molar-refractivity contribution in [1.29, 1.82) is 0 Å². The molecule has 0 unspecified atom stereocenters. The minimum atomic E-state index is -0.226. The molecule has 1 fully saturated rings. The van der Waals surface area contributed by atoms with Crippen LogP contribution in [0.5, 0.6) is 0 Å². The second kappa shape index (κ2) is 7.79. The van der Waals surface area contributed by atoms with Crippen molar-refractivity contribution in [2.45, 2.75) is 6.42 Å². The van der Waals surface area contributed by atoms with Crippen molar-refractivity contribution in [3.63, 3.8) is 0 Å². The van der Waals surface area contributed by atoms with Gasteiger partial charge >= 0.3 is 0 Å². The third-order valence-electron chi connectivity index (χ3n) is 3.83. The molecule has 24 heavy (non-hydrogen) atoms. The van der Waals surface area contributed by atoms with E-state index in [0.717, 1.165) is 26.1 Å². The lowest BCUT2D eigenvalue weighted by Crippen LogP contribution is -2.34. The van der Waals surface area contributed by atoms with E-state index in [2.05, 4.69) is 10.6 Å². The molecule has 0 atom stereocenters. The Morgan fingerprint density at radius 3 is 2.88 bits per heavy atom. The summed E-state index contributed by atoms with van der Waals surface area (Å²) < 4.78 is 0. The maximum Gasteiger partial charge on any atom is 0.265 e. The molecule has 2 N–H and O–H groups in total. The first-order valence-corrected chi connectivity index (χ1v) is 9.05. The number of halogens is 1. The fourth-order valence-electron chi connectivity index (χ4n) is 2.58. The molecule has 1 aromatic carbocycles. The van der Waals surface area contributed by atoms with Gasteiger partial charge < -0.3 is 15.5 Å². The Hall–Kier alpha value is -1.89. The van der Waals surface area contributed by atoms with Gasteiger partial charge in [-0.15, -0.1) is 11.3 Å². The van der Waals surface area contributed by atoms with Gasteiger partial charge in [0.1, 0.15) is 0 Å². The minimum absolute atomic E-state index is 0.0398. The number of nitrogens with one attached hydrogen (secondary N) is 2. The first kappa shape index (κ1) is 17.0. The normalized spacial score (nSPS) is 15.0. The molecule has 7 heteroatoms. The van der Waals surface area contributed by atoms with Crippen LogP contribution in [-0.4, -0.2) is 42.9 Å². The SMILES string of the molecule is O=C(Nc1cc(C(=O)N2CCCNCC2)ccc1Cl)c1cccs1. The number of hydrogen-bond donors (Lipinski definition) is 2. The van der Waals surface area contributed by atoms with Crippen molar-refractivity contribution in [3.8, 4) is 0 Å². The molecular formula is C17H18ClN3O2S. The van der Waals surface area contributed by atoms with Gasteiger partial charge in [0.15, 0.2) is 0 Å². The van der Waals surface area contributed by atoms with Gasteiger partial charge in [0.2, 0.25) is 0 Å². The van der Waals surface area contributed by atoms with Gasteiger partial charge in [-0.05, 0) is 42.6 Å². The Kier molecular flexibility index (Phi) is 5.50. The number of carbonyl (C=O) groups excluding carboxylic acids is 2. The van der Waals surface area contributed by atoms with E-state index in [1.807, 2.05) is 16.3 Å². The van der Waals surface area contributed by atoms with Gasteiger partial charge in [0.25, 0.3) is 11.8 Å². The minimum Gasteiger partial charge on any atom is -0.337 e. The van der Waals surface area contributed by atoms with Crippen LogP contribution >= 0.6 is 22.9 Å². The molecule has 2 amide bonds. The quantitative estimate of drug-likeness (QED) is 0.880. The highest BCUT2D eigenvalue weighted by atomic mass is 35.5. The van der Waals surface area contributed by atoms with Crippen LogP contribution in [-0.2, 0) is 0 Å². The average Bonchev–Trinajstić information content (AvgIpc) is 2.99. The maximum atomic E-state index is 12.7. The van der Waals surface area contributed by atoms with Crippen LogP contribution in [0.15, 0.2) is 35.7 Å². The van der Waals surface area contributed by atoms with Gasteiger partial charge in [-0.3, -0.25) is 9.59 Å². The Balaban J connectivity index is 1.77. The predicted octanol–water partition coefficient (Wildman–Crippen LogP) is 3.09. The maximum absolute atomic E-state index is 12.7. The molecule has 1 aromatic heterocycles. The van der Waals surface area contributed by atoms with E-state index in [-0.39, 0.29) is 11.8 Å². The van der Waals surface area contributed by atoms with Crippen LogP contribution in [0.25, 0.3) is 0 Å². The third-order valence-corrected chi connectivity index (χ3v) is 5.03. The smallest absolute Gasteiger partial charge is 0.265 e. The van der Waals surface area contributed by atoms with Crippen molar-refractivity contribution in [2.75, 3.05) is 31.5 Å². The molecule has 0 spiro atoms. The van der Waals surface area contributed by atoms with E-state index in [1.165, 1.54) is 11.3 Å². The van der Waals surface area contributed by atoms with Gasteiger partial charge in [-0.1, -0.05) is 17.7 Å². The molecule has 0 saturated carbocycles. The van der Waals surface area contributed by atoms with E-state index in [0.29, 0.717) is 27.7 Å². The second-order valence-electron chi connectivity index (χ2n) is 5.52. The van der Waals surface area contributed by atoms with Gasteiger partial charge in [-0.2, -0.15) is 0 Å². The molecule has 2 heterocycles. The first-order valence-electron chi connectivity index (χ1n) is 7.79. The van der Waals surface area contributed by atoms with Crippen LogP contribution in [0, 0.1) is 0 Å². The van der Waals surface area contributed by atoms with Crippen LogP contribution in [0.1, 0.15) is 26.5 Å². The standard InChI is InChI=1S/C17H18ClN3O2S/c18-13-5-4-12(17(23)21-8-2-6-19-7-9-21)11-14(13)20-16(22)15-3-1-10-24-15/h1,3-5,10-11,19H,2,6-9H2,(H,20,22). The van der Waals surface area contributed by atoms with Crippen LogP contribution in [0.2, 0.25) is 5.02 Å². The lowest BCUT2D eigenvalue weighted by Gasteiger charge is -2.20. The summed E-state index contributed by atoms with van der Waals surface area (Å²) >= 11 is 7.53. The number of thiophene rings is 1. The fraction of sp³-hybridized carbons (Fsp3) is 0.294. The van der Waals surface area contributed by atoms with E-state index < -0.39 is 0 Å². The number of rotatable bonds is 3. The summed E-state index contributed by atoms with van der Waals surface area (Å²) in [6, 6.07) is 8.55. The molecule has 2 aromatic rings.